The maximum absolute atomic E-state index is 5.91. The molecule has 0 radical (unpaired) electrons. The van der Waals surface area contributed by atoms with Gasteiger partial charge in [-0.2, -0.15) is 0 Å². The second-order valence-electron chi connectivity index (χ2n) is 6.78. The van der Waals surface area contributed by atoms with Crippen LogP contribution in [0, 0.1) is 0 Å². The average molecular weight is 287 g/mol. The van der Waals surface area contributed by atoms with Gasteiger partial charge in [-0.25, -0.2) is 0 Å². The Labute approximate surface area is 122 Å². The fraction of sp³-hybridized carbons (Fsp3) is 0.875. The van der Waals surface area contributed by atoms with Gasteiger partial charge in [-0.05, 0) is 31.1 Å². The lowest BCUT2D eigenvalue weighted by Gasteiger charge is -2.40. The van der Waals surface area contributed by atoms with Crippen LogP contribution in [-0.2, 0) is 4.74 Å². The molecule has 0 fully saturated rings. The highest BCUT2D eigenvalue weighted by Gasteiger charge is 2.33. The van der Waals surface area contributed by atoms with Crippen molar-refractivity contribution in [1.29, 1.82) is 0 Å². The predicted octanol–water partition coefficient (Wildman–Crippen LogP) is 5.24. The molecule has 0 bridgehead atoms. The summed E-state index contributed by atoms with van der Waals surface area (Å²) in [5.74, 6) is 3.48. The minimum Gasteiger partial charge on any atom is -0.479 e. The summed E-state index contributed by atoms with van der Waals surface area (Å²) < 4.78 is 5.91. The predicted molar refractivity (Wildman–Crippen MR) is 89.1 cm³/mol. The highest BCUT2D eigenvalue weighted by molar-refractivity contribution is 7.64. The molecule has 0 unspecified atom stereocenters. The van der Waals surface area contributed by atoms with Crippen molar-refractivity contribution in [2.75, 3.05) is 19.7 Å². The third-order valence-corrected chi connectivity index (χ3v) is 6.42. The third-order valence-electron chi connectivity index (χ3n) is 3.05. The van der Waals surface area contributed by atoms with Crippen molar-refractivity contribution < 1.29 is 4.74 Å². The molecule has 2 nitrogen and oxygen atoms in total. The van der Waals surface area contributed by atoms with Crippen LogP contribution in [0.1, 0.15) is 62.3 Å². The van der Waals surface area contributed by atoms with Crippen LogP contribution in [0.4, 0.5) is 0 Å². The molecule has 0 amide bonds. The molecular weight excluding hydrogens is 253 g/mol. The van der Waals surface area contributed by atoms with Crippen LogP contribution in [0.15, 0.2) is 11.7 Å². The van der Waals surface area contributed by atoms with Crippen molar-refractivity contribution in [1.82, 2.24) is 4.90 Å². The van der Waals surface area contributed by atoms with Gasteiger partial charge >= 0.3 is 0 Å². The van der Waals surface area contributed by atoms with Gasteiger partial charge in [0.25, 0.3) is 0 Å². The van der Waals surface area contributed by atoms with E-state index in [0.717, 1.165) is 25.6 Å². The summed E-state index contributed by atoms with van der Waals surface area (Å²) in [6.45, 7) is 23.2. The third kappa shape index (κ3) is 6.17. The van der Waals surface area contributed by atoms with E-state index in [-0.39, 0.29) is 7.92 Å². The molecule has 0 aromatic carbocycles. The number of rotatable bonds is 6. The number of nitrogens with zero attached hydrogens (tertiary/aromatic N) is 1. The monoisotopic (exact) mass is 287 g/mol. The Balaban J connectivity index is 5.46. The van der Waals surface area contributed by atoms with Gasteiger partial charge in [0.2, 0.25) is 0 Å². The molecule has 0 N–H and O–H groups in total. The van der Waals surface area contributed by atoms with Crippen LogP contribution >= 0.6 is 7.92 Å². The smallest absolute Gasteiger partial charge is 0.189 e. The quantitative estimate of drug-likeness (QED) is 0.489. The lowest BCUT2D eigenvalue weighted by atomic mass is 10.2. The van der Waals surface area contributed by atoms with Crippen LogP contribution in [0.5, 0.6) is 0 Å². The molecule has 114 valence electrons. The highest BCUT2D eigenvalue weighted by atomic mass is 31.1. The van der Waals surface area contributed by atoms with Crippen LogP contribution in [0.3, 0.4) is 0 Å². The average Bonchev–Trinajstić information content (AvgIpc) is 2.23. The molecule has 0 aliphatic heterocycles. The Bertz CT molecular complexity index is 268. The van der Waals surface area contributed by atoms with Gasteiger partial charge in [-0.1, -0.05) is 49.5 Å². The molecule has 0 aliphatic rings. The summed E-state index contributed by atoms with van der Waals surface area (Å²) in [6.07, 6.45) is 0. The Morgan fingerprint density at radius 3 is 1.63 bits per heavy atom. The Morgan fingerprint density at radius 1 is 0.947 bits per heavy atom. The maximum atomic E-state index is 5.91. The van der Waals surface area contributed by atoms with Gasteiger partial charge in [0.1, 0.15) is 0 Å². The SMILES string of the molecule is CCOC(=CP(C(C)(C)C)C(C)(C)C)N(CC)CC. The summed E-state index contributed by atoms with van der Waals surface area (Å²) in [6, 6.07) is 0. The van der Waals surface area contributed by atoms with Crippen LogP contribution < -0.4 is 0 Å². The summed E-state index contributed by atoms with van der Waals surface area (Å²) in [5.41, 5.74) is 0. The second kappa shape index (κ2) is 7.53. The van der Waals surface area contributed by atoms with E-state index in [4.69, 9.17) is 4.74 Å². The first-order valence-electron chi connectivity index (χ1n) is 7.46. The molecule has 0 aromatic rings. The molecule has 0 aromatic heterocycles. The molecule has 3 heteroatoms. The molecule has 0 spiro atoms. The van der Waals surface area contributed by atoms with E-state index in [9.17, 15) is 0 Å². The maximum Gasteiger partial charge on any atom is 0.189 e. The lowest BCUT2D eigenvalue weighted by molar-refractivity contribution is 0.129. The van der Waals surface area contributed by atoms with Gasteiger partial charge in [0, 0.05) is 18.9 Å². The summed E-state index contributed by atoms with van der Waals surface area (Å²) >= 11 is 0. The Hall–Kier alpha value is -0.230. The second-order valence-corrected chi connectivity index (χ2v) is 10.5. The first-order chi connectivity index (χ1) is 8.57. The Morgan fingerprint density at radius 2 is 1.37 bits per heavy atom. The van der Waals surface area contributed by atoms with Crippen molar-refractivity contribution in [2.45, 2.75) is 72.6 Å². The normalized spacial score (nSPS) is 13.9. The largest absolute Gasteiger partial charge is 0.479 e. The first kappa shape index (κ1) is 18.8. The number of ether oxygens (including phenoxy) is 1. The molecule has 0 saturated carbocycles. The van der Waals surface area contributed by atoms with Gasteiger partial charge in [-0.15, -0.1) is 0 Å². The lowest BCUT2D eigenvalue weighted by Crippen LogP contribution is -2.27. The van der Waals surface area contributed by atoms with Gasteiger partial charge in [-0.3, -0.25) is 0 Å². The molecule has 0 saturated heterocycles. The van der Waals surface area contributed by atoms with Gasteiger partial charge in [0.15, 0.2) is 5.88 Å². The minimum absolute atomic E-state index is 0.266. The van der Waals surface area contributed by atoms with Crippen molar-refractivity contribution >= 4 is 7.92 Å². The zero-order valence-corrected chi connectivity index (χ0v) is 15.4. The van der Waals surface area contributed by atoms with Crippen molar-refractivity contribution in [2.24, 2.45) is 0 Å². The van der Waals surface area contributed by atoms with Gasteiger partial charge in [0.05, 0.1) is 6.61 Å². The topological polar surface area (TPSA) is 12.5 Å². The van der Waals surface area contributed by atoms with Crippen molar-refractivity contribution in [3.63, 3.8) is 0 Å². The molecule has 0 atom stereocenters. The zero-order chi connectivity index (χ0) is 15.3. The van der Waals surface area contributed by atoms with E-state index >= 15 is 0 Å². The number of hydrogen-bond acceptors (Lipinski definition) is 2. The van der Waals surface area contributed by atoms with E-state index in [1.54, 1.807) is 0 Å². The standard InChI is InChI=1S/C16H34NOP/c1-10-17(11-2)14(18-12-3)13-19(15(4,5)6)16(7,8)9/h13H,10-12H2,1-9H3. The van der Waals surface area contributed by atoms with E-state index < -0.39 is 0 Å². The van der Waals surface area contributed by atoms with Crippen LogP contribution in [0.2, 0.25) is 0 Å². The minimum atomic E-state index is -0.266. The van der Waals surface area contributed by atoms with E-state index in [2.05, 4.69) is 73.0 Å². The van der Waals surface area contributed by atoms with Crippen molar-refractivity contribution in [3.8, 4) is 0 Å². The fourth-order valence-electron chi connectivity index (χ4n) is 2.40. The summed E-state index contributed by atoms with van der Waals surface area (Å²) in [7, 11) is -0.266. The van der Waals surface area contributed by atoms with Gasteiger partial charge < -0.3 is 9.64 Å². The molecule has 0 rings (SSSR count). The number of hydrogen-bond donors (Lipinski definition) is 0. The summed E-state index contributed by atoms with van der Waals surface area (Å²) in [5, 5.41) is 0.589. The zero-order valence-electron chi connectivity index (χ0n) is 14.5. The molecule has 0 aliphatic carbocycles. The highest BCUT2D eigenvalue weighted by Crippen LogP contribution is 2.61. The molecule has 19 heavy (non-hydrogen) atoms. The Kier molecular flexibility index (Phi) is 7.43. The van der Waals surface area contributed by atoms with Crippen LogP contribution in [0.25, 0.3) is 0 Å². The van der Waals surface area contributed by atoms with Crippen LogP contribution in [-0.4, -0.2) is 34.9 Å². The van der Waals surface area contributed by atoms with E-state index in [1.807, 2.05) is 0 Å². The fourth-order valence-corrected chi connectivity index (χ4v) is 5.64. The summed E-state index contributed by atoms with van der Waals surface area (Å²) in [4.78, 5) is 2.32. The molecule has 0 heterocycles. The van der Waals surface area contributed by atoms with E-state index in [1.165, 1.54) is 0 Å². The van der Waals surface area contributed by atoms with E-state index in [0.29, 0.717) is 10.3 Å². The molecular formula is C16H34NOP. The first-order valence-corrected chi connectivity index (χ1v) is 8.88. The van der Waals surface area contributed by atoms with Crippen molar-refractivity contribution in [3.05, 3.63) is 11.7 Å².